The Labute approximate surface area is 112 Å². The highest BCUT2D eigenvalue weighted by atomic mass is 35.5. The lowest BCUT2D eigenvalue weighted by atomic mass is 10.1. The van der Waals surface area contributed by atoms with Crippen molar-refractivity contribution < 1.29 is 9.53 Å². The van der Waals surface area contributed by atoms with Gasteiger partial charge in [-0.2, -0.15) is 0 Å². The molecule has 1 atom stereocenters. The van der Waals surface area contributed by atoms with Gasteiger partial charge in [-0.15, -0.1) is 0 Å². The molecule has 0 heterocycles. The highest BCUT2D eigenvalue weighted by Crippen LogP contribution is 2.18. The quantitative estimate of drug-likeness (QED) is 0.859. The van der Waals surface area contributed by atoms with Crippen LogP contribution in [0.25, 0.3) is 0 Å². The number of ether oxygens (including phenoxy) is 1. The van der Waals surface area contributed by atoms with Gasteiger partial charge in [0.2, 0.25) is 5.91 Å². The molecule has 0 bridgehead atoms. The molecule has 1 rings (SSSR count). The maximum Gasteiger partial charge on any atom is 0.239 e. The summed E-state index contributed by atoms with van der Waals surface area (Å²) in [5.74, 6) is -0.210. The van der Waals surface area contributed by atoms with E-state index in [2.05, 4.69) is 5.32 Å². The Bertz CT molecular complexity index is 398. The summed E-state index contributed by atoms with van der Waals surface area (Å²) >= 11 is 5.82. The van der Waals surface area contributed by atoms with Crippen LogP contribution in [0, 0.1) is 0 Å². The summed E-state index contributed by atoms with van der Waals surface area (Å²) in [6, 6.07) is 7.32. The Kier molecular flexibility index (Phi) is 5.14. The van der Waals surface area contributed by atoms with Crippen molar-refractivity contribution in [1.29, 1.82) is 0 Å². The fourth-order valence-electron chi connectivity index (χ4n) is 1.43. The number of carbonyl (C=O) groups excluding carboxylic acids is 1. The molecule has 4 nitrogen and oxygen atoms in total. The van der Waals surface area contributed by atoms with Crippen LogP contribution in [-0.2, 0) is 9.53 Å². The second-order valence-corrected chi connectivity index (χ2v) is 5.14. The van der Waals surface area contributed by atoms with Crippen LogP contribution in [0.4, 0.5) is 0 Å². The van der Waals surface area contributed by atoms with Crippen LogP contribution in [0.1, 0.15) is 25.5 Å². The Morgan fingerprint density at radius 3 is 2.44 bits per heavy atom. The third-order valence-electron chi connectivity index (χ3n) is 2.56. The molecule has 1 unspecified atom stereocenters. The van der Waals surface area contributed by atoms with Crippen LogP contribution in [0.15, 0.2) is 24.3 Å². The molecule has 1 aromatic carbocycles. The normalized spacial score (nSPS) is 13.2. The number of nitrogens with one attached hydrogen (secondary N) is 1. The van der Waals surface area contributed by atoms with E-state index in [1.165, 1.54) is 0 Å². The van der Waals surface area contributed by atoms with E-state index < -0.39 is 5.54 Å². The molecule has 0 aliphatic rings. The number of halogens is 1. The van der Waals surface area contributed by atoms with E-state index in [9.17, 15) is 4.79 Å². The summed E-state index contributed by atoms with van der Waals surface area (Å²) in [7, 11) is 1.60. The SMILES string of the molecule is COC(CNC(=O)C(C)(C)N)c1ccc(Cl)cc1. The van der Waals surface area contributed by atoms with Gasteiger partial charge in [-0.05, 0) is 31.5 Å². The zero-order chi connectivity index (χ0) is 13.8. The van der Waals surface area contributed by atoms with Crippen molar-refractivity contribution in [3.8, 4) is 0 Å². The lowest BCUT2D eigenvalue weighted by molar-refractivity contribution is -0.125. The first-order valence-corrected chi connectivity index (χ1v) is 6.08. The van der Waals surface area contributed by atoms with Gasteiger partial charge in [0.15, 0.2) is 0 Å². The minimum absolute atomic E-state index is 0.210. The van der Waals surface area contributed by atoms with Crippen LogP contribution in [-0.4, -0.2) is 25.1 Å². The number of carbonyl (C=O) groups is 1. The lowest BCUT2D eigenvalue weighted by Gasteiger charge is -2.21. The molecule has 0 spiro atoms. The van der Waals surface area contributed by atoms with E-state index >= 15 is 0 Å². The van der Waals surface area contributed by atoms with Crippen LogP contribution in [0.3, 0.4) is 0 Å². The summed E-state index contributed by atoms with van der Waals surface area (Å²) in [6.45, 7) is 3.69. The van der Waals surface area contributed by atoms with E-state index in [4.69, 9.17) is 22.1 Å². The predicted molar refractivity (Wildman–Crippen MR) is 72.5 cm³/mol. The monoisotopic (exact) mass is 270 g/mol. The van der Waals surface area contributed by atoms with Gasteiger partial charge in [-0.1, -0.05) is 23.7 Å². The van der Waals surface area contributed by atoms with Gasteiger partial charge in [0.05, 0.1) is 11.6 Å². The van der Waals surface area contributed by atoms with Crippen molar-refractivity contribution in [2.24, 2.45) is 5.73 Å². The Morgan fingerprint density at radius 1 is 1.44 bits per heavy atom. The Morgan fingerprint density at radius 2 is 2.00 bits per heavy atom. The smallest absolute Gasteiger partial charge is 0.239 e. The number of nitrogens with two attached hydrogens (primary N) is 1. The largest absolute Gasteiger partial charge is 0.375 e. The van der Waals surface area contributed by atoms with Crippen LogP contribution in [0.5, 0.6) is 0 Å². The molecule has 0 aliphatic carbocycles. The summed E-state index contributed by atoms with van der Waals surface area (Å²) < 4.78 is 5.34. The molecular weight excluding hydrogens is 252 g/mol. The van der Waals surface area contributed by atoms with Crippen molar-refractivity contribution in [1.82, 2.24) is 5.32 Å². The van der Waals surface area contributed by atoms with Gasteiger partial charge in [0.1, 0.15) is 0 Å². The van der Waals surface area contributed by atoms with Crippen molar-refractivity contribution in [3.05, 3.63) is 34.9 Å². The first-order valence-electron chi connectivity index (χ1n) is 5.70. The second-order valence-electron chi connectivity index (χ2n) is 4.71. The molecule has 100 valence electrons. The number of methoxy groups -OCH3 is 1. The number of hydrogen-bond acceptors (Lipinski definition) is 3. The molecular formula is C13H19ClN2O2. The third kappa shape index (κ3) is 4.29. The number of amides is 1. The van der Waals surface area contributed by atoms with Gasteiger partial charge in [0, 0.05) is 18.7 Å². The molecule has 0 radical (unpaired) electrons. The Balaban J connectivity index is 2.63. The predicted octanol–water partition coefficient (Wildman–Crippen LogP) is 1.88. The summed E-state index contributed by atoms with van der Waals surface area (Å²) in [6.07, 6.45) is -0.214. The molecule has 0 fully saturated rings. The molecule has 3 N–H and O–H groups in total. The Hall–Kier alpha value is -1.10. The van der Waals surface area contributed by atoms with Gasteiger partial charge in [0.25, 0.3) is 0 Å². The molecule has 0 aromatic heterocycles. The average molecular weight is 271 g/mol. The van der Waals surface area contributed by atoms with E-state index in [0.29, 0.717) is 11.6 Å². The highest BCUT2D eigenvalue weighted by Gasteiger charge is 2.22. The number of hydrogen-bond donors (Lipinski definition) is 2. The highest BCUT2D eigenvalue weighted by molar-refractivity contribution is 6.30. The first-order chi connectivity index (χ1) is 8.34. The minimum atomic E-state index is -0.891. The maximum absolute atomic E-state index is 11.7. The standard InChI is InChI=1S/C13H19ClN2O2/c1-13(2,15)12(17)16-8-11(18-3)9-4-6-10(14)7-5-9/h4-7,11H,8,15H2,1-3H3,(H,16,17). The maximum atomic E-state index is 11.7. The van der Waals surface area contributed by atoms with E-state index in [1.54, 1.807) is 33.1 Å². The number of benzene rings is 1. The van der Waals surface area contributed by atoms with Gasteiger partial charge < -0.3 is 15.8 Å². The fraction of sp³-hybridized carbons (Fsp3) is 0.462. The van der Waals surface area contributed by atoms with Gasteiger partial charge in [-0.25, -0.2) is 0 Å². The molecule has 0 saturated carbocycles. The molecule has 1 amide bonds. The van der Waals surface area contributed by atoms with E-state index in [1.807, 2.05) is 12.1 Å². The summed E-state index contributed by atoms with van der Waals surface area (Å²) in [4.78, 5) is 11.7. The van der Waals surface area contributed by atoms with Crippen LogP contribution < -0.4 is 11.1 Å². The molecule has 0 aliphatic heterocycles. The van der Waals surface area contributed by atoms with Crippen molar-refractivity contribution in [2.75, 3.05) is 13.7 Å². The summed E-state index contributed by atoms with van der Waals surface area (Å²) in [5, 5.41) is 3.43. The molecule has 1 aromatic rings. The third-order valence-corrected chi connectivity index (χ3v) is 2.81. The minimum Gasteiger partial charge on any atom is -0.375 e. The van der Waals surface area contributed by atoms with Crippen molar-refractivity contribution >= 4 is 17.5 Å². The lowest BCUT2D eigenvalue weighted by Crippen LogP contribution is -2.50. The molecule has 5 heteroatoms. The molecule has 0 saturated heterocycles. The fourth-order valence-corrected chi connectivity index (χ4v) is 1.55. The first kappa shape index (κ1) is 15.0. The van der Waals surface area contributed by atoms with E-state index in [-0.39, 0.29) is 12.0 Å². The average Bonchev–Trinajstić information content (AvgIpc) is 2.30. The van der Waals surface area contributed by atoms with Crippen molar-refractivity contribution in [2.45, 2.75) is 25.5 Å². The van der Waals surface area contributed by atoms with E-state index in [0.717, 1.165) is 5.56 Å². The molecule has 18 heavy (non-hydrogen) atoms. The van der Waals surface area contributed by atoms with Crippen LogP contribution in [0.2, 0.25) is 5.02 Å². The zero-order valence-electron chi connectivity index (χ0n) is 10.9. The number of rotatable bonds is 5. The second kappa shape index (κ2) is 6.18. The van der Waals surface area contributed by atoms with Gasteiger partial charge >= 0.3 is 0 Å². The van der Waals surface area contributed by atoms with Crippen molar-refractivity contribution in [3.63, 3.8) is 0 Å². The zero-order valence-corrected chi connectivity index (χ0v) is 11.6. The summed E-state index contributed by atoms with van der Waals surface area (Å²) in [5.41, 5.74) is 5.76. The van der Waals surface area contributed by atoms with Gasteiger partial charge in [-0.3, -0.25) is 4.79 Å². The topological polar surface area (TPSA) is 64.3 Å². The van der Waals surface area contributed by atoms with Crippen LogP contribution >= 0.6 is 11.6 Å².